The molecular formula is C20H21NO4. The largest absolute Gasteiger partial charge is 0.494 e. The number of nitrogens with zero attached hydrogens (tertiary/aromatic N) is 1. The third kappa shape index (κ3) is 3.65. The molecule has 0 saturated heterocycles. The van der Waals surface area contributed by atoms with Crippen LogP contribution in [0.4, 0.5) is 0 Å². The summed E-state index contributed by atoms with van der Waals surface area (Å²) < 4.78 is 5.40. The first-order chi connectivity index (χ1) is 12.1. The van der Waals surface area contributed by atoms with E-state index in [1.165, 1.54) is 4.90 Å². The zero-order chi connectivity index (χ0) is 17.8. The van der Waals surface area contributed by atoms with Crippen LogP contribution in [-0.2, 0) is 22.4 Å². The van der Waals surface area contributed by atoms with Crippen molar-refractivity contribution in [1.29, 1.82) is 0 Å². The van der Waals surface area contributed by atoms with E-state index in [0.717, 1.165) is 16.9 Å². The van der Waals surface area contributed by atoms with Crippen molar-refractivity contribution in [3.63, 3.8) is 0 Å². The van der Waals surface area contributed by atoms with Crippen LogP contribution >= 0.6 is 0 Å². The molecule has 0 fully saturated rings. The second kappa shape index (κ2) is 7.38. The molecule has 5 heteroatoms. The number of carbonyl (C=O) groups is 2. The fourth-order valence-corrected chi connectivity index (χ4v) is 3.25. The van der Waals surface area contributed by atoms with Gasteiger partial charge in [-0.1, -0.05) is 36.4 Å². The summed E-state index contributed by atoms with van der Waals surface area (Å²) in [5.41, 5.74) is 2.55. The maximum atomic E-state index is 12.7. The van der Waals surface area contributed by atoms with E-state index in [9.17, 15) is 14.7 Å². The molecule has 0 saturated carbocycles. The summed E-state index contributed by atoms with van der Waals surface area (Å²) >= 11 is 0. The van der Waals surface area contributed by atoms with Gasteiger partial charge in [-0.2, -0.15) is 0 Å². The van der Waals surface area contributed by atoms with Gasteiger partial charge in [-0.05, 0) is 42.2 Å². The quantitative estimate of drug-likeness (QED) is 0.910. The highest BCUT2D eigenvalue weighted by atomic mass is 16.5. The van der Waals surface area contributed by atoms with Crippen molar-refractivity contribution in [1.82, 2.24) is 4.90 Å². The number of hydrogen-bond acceptors (Lipinski definition) is 3. The molecule has 1 heterocycles. The van der Waals surface area contributed by atoms with E-state index in [0.29, 0.717) is 25.1 Å². The second-order valence-electron chi connectivity index (χ2n) is 6.03. The van der Waals surface area contributed by atoms with Crippen LogP contribution in [0.2, 0.25) is 0 Å². The van der Waals surface area contributed by atoms with Crippen molar-refractivity contribution in [3.8, 4) is 5.75 Å². The Morgan fingerprint density at radius 1 is 1.16 bits per heavy atom. The zero-order valence-corrected chi connectivity index (χ0v) is 14.1. The van der Waals surface area contributed by atoms with Gasteiger partial charge in [-0.25, -0.2) is 4.79 Å². The van der Waals surface area contributed by atoms with Gasteiger partial charge in [0.2, 0.25) is 5.91 Å². The van der Waals surface area contributed by atoms with Crippen LogP contribution < -0.4 is 4.74 Å². The maximum absolute atomic E-state index is 12.7. The molecule has 0 aromatic heterocycles. The van der Waals surface area contributed by atoms with E-state index in [1.54, 1.807) is 6.07 Å². The summed E-state index contributed by atoms with van der Waals surface area (Å²) in [7, 11) is 0. The smallest absolute Gasteiger partial charge is 0.331 e. The number of carbonyl (C=O) groups excluding carboxylic acids is 1. The average Bonchev–Trinajstić information content (AvgIpc) is 2.62. The topological polar surface area (TPSA) is 66.8 Å². The Balaban J connectivity index is 1.78. The molecule has 5 nitrogen and oxygen atoms in total. The molecule has 0 radical (unpaired) electrons. The predicted octanol–water partition coefficient (Wildman–Crippen LogP) is 2.84. The van der Waals surface area contributed by atoms with Crippen molar-refractivity contribution in [2.24, 2.45) is 0 Å². The van der Waals surface area contributed by atoms with E-state index in [4.69, 9.17) is 4.74 Å². The van der Waals surface area contributed by atoms with Crippen molar-refractivity contribution in [2.45, 2.75) is 25.8 Å². The Morgan fingerprint density at radius 3 is 2.56 bits per heavy atom. The molecule has 25 heavy (non-hydrogen) atoms. The van der Waals surface area contributed by atoms with Gasteiger partial charge in [-0.15, -0.1) is 0 Å². The van der Waals surface area contributed by atoms with Gasteiger partial charge in [0, 0.05) is 6.54 Å². The number of hydrogen-bond donors (Lipinski definition) is 1. The molecule has 1 aliphatic rings. The third-order valence-corrected chi connectivity index (χ3v) is 4.43. The van der Waals surface area contributed by atoms with Gasteiger partial charge >= 0.3 is 5.97 Å². The number of carboxylic acids is 1. The molecule has 1 atom stereocenters. The molecule has 2 aromatic carbocycles. The number of fused-ring (bicyclic) bond motifs is 1. The van der Waals surface area contributed by atoms with Crippen molar-refractivity contribution in [2.75, 3.05) is 13.2 Å². The van der Waals surface area contributed by atoms with E-state index in [-0.39, 0.29) is 12.3 Å². The van der Waals surface area contributed by atoms with Crippen LogP contribution in [0.15, 0.2) is 48.5 Å². The lowest BCUT2D eigenvalue weighted by Crippen LogP contribution is -2.44. The van der Waals surface area contributed by atoms with Gasteiger partial charge < -0.3 is 14.7 Å². The van der Waals surface area contributed by atoms with Crippen LogP contribution in [0.1, 0.15) is 29.7 Å². The Bertz CT molecular complexity index is 770. The van der Waals surface area contributed by atoms with E-state index in [1.807, 2.05) is 49.4 Å². The molecule has 0 aliphatic carbocycles. The maximum Gasteiger partial charge on any atom is 0.331 e. The monoisotopic (exact) mass is 339 g/mol. The van der Waals surface area contributed by atoms with E-state index < -0.39 is 12.0 Å². The molecule has 1 aliphatic heterocycles. The van der Waals surface area contributed by atoms with Gasteiger partial charge in [0.1, 0.15) is 5.75 Å². The number of rotatable bonds is 5. The fraction of sp³-hybridized carbons (Fsp3) is 0.300. The highest BCUT2D eigenvalue weighted by Crippen LogP contribution is 2.30. The molecule has 0 spiro atoms. The van der Waals surface area contributed by atoms with E-state index in [2.05, 4.69) is 0 Å². The molecule has 1 amide bonds. The van der Waals surface area contributed by atoms with Crippen LogP contribution in [0.5, 0.6) is 5.75 Å². The Kier molecular flexibility index (Phi) is 5.03. The van der Waals surface area contributed by atoms with Gasteiger partial charge in [-0.3, -0.25) is 4.79 Å². The summed E-state index contributed by atoms with van der Waals surface area (Å²) in [5.74, 6) is -0.410. The van der Waals surface area contributed by atoms with Crippen molar-refractivity contribution < 1.29 is 19.4 Å². The lowest BCUT2D eigenvalue weighted by molar-refractivity contribution is -0.151. The molecular weight excluding hydrogens is 318 g/mol. The van der Waals surface area contributed by atoms with Crippen LogP contribution in [0.25, 0.3) is 0 Å². The van der Waals surface area contributed by atoms with Crippen molar-refractivity contribution in [3.05, 3.63) is 65.2 Å². The number of ether oxygens (including phenoxy) is 1. The van der Waals surface area contributed by atoms with Crippen LogP contribution in [0, 0.1) is 0 Å². The average molecular weight is 339 g/mol. The highest BCUT2D eigenvalue weighted by Gasteiger charge is 2.35. The van der Waals surface area contributed by atoms with Crippen LogP contribution in [0.3, 0.4) is 0 Å². The summed E-state index contributed by atoms with van der Waals surface area (Å²) in [4.78, 5) is 26.0. The highest BCUT2D eigenvalue weighted by molar-refractivity contribution is 5.86. The Labute approximate surface area is 146 Å². The fourth-order valence-electron chi connectivity index (χ4n) is 3.25. The molecule has 1 N–H and O–H groups in total. The molecule has 3 rings (SSSR count). The summed E-state index contributed by atoms with van der Waals surface area (Å²) in [6, 6.07) is 13.9. The molecule has 130 valence electrons. The summed E-state index contributed by atoms with van der Waals surface area (Å²) in [5, 5.41) is 9.66. The minimum Gasteiger partial charge on any atom is -0.494 e. The first kappa shape index (κ1) is 17.0. The number of amides is 1. The van der Waals surface area contributed by atoms with Crippen LogP contribution in [-0.4, -0.2) is 35.0 Å². The number of carboxylic acid groups (broad SMARTS) is 1. The summed E-state index contributed by atoms with van der Waals surface area (Å²) in [6.45, 7) is 2.92. The Hall–Kier alpha value is -2.82. The lowest BCUT2D eigenvalue weighted by Gasteiger charge is -2.34. The minimum absolute atomic E-state index is 0.175. The minimum atomic E-state index is -0.993. The summed E-state index contributed by atoms with van der Waals surface area (Å²) in [6.07, 6.45) is 0.854. The lowest BCUT2D eigenvalue weighted by atomic mass is 9.92. The van der Waals surface area contributed by atoms with Gasteiger partial charge in [0.15, 0.2) is 6.04 Å². The number of aliphatic carboxylic acids is 1. The molecule has 1 unspecified atom stereocenters. The SMILES string of the molecule is CCOc1ccc(CC(=O)N2CCc3ccccc3C2C(=O)O)cc1. The zero-order valence-electron chi connectivity index (χ0n) is 14.1. The second-order valence-corrected chi connectivity index (χ2v) is 6.03. The van der Waals surface area contributed by atoms with Gasteiger partial charge in [0.05, 0.1) is 13.0 Å². The molecule has 0 bridgehead atoms. The predicted molar refractivity (Wildman–Crippen MR) is 93.6 cm³/mol. The Morgan fingerprint density at radius 2 is 1.88 bits per heavy atom. The molecule has 2 aromatic rings. The first-order valence-corrected chi connectivity index (χ1v) is 8.42. The number of benzene rings is 2. The van der Waals surface area contributed by atoms with Gasteiger partial charge in [0.25, 0.3) is 0 Å². The van der Waals surface area contributed by atoms with E-state index >= 15 is 0 Å². The normalized spacial score (nSPS) is 16.2. The standard InChI is InChI=1S/C20H21NO4/c1-2-25-16-9-7-14(8-10-16)13-18(22)21-12-11-15-5-3-4-6-17(15)19(21)20(23)24/h3-10,19H,2,11-13H2,1H3,(H,23,24). The first-order valence-electron chi connectivity index (χ1n) is 8.42. The van der Waals surface area contributed by atoms with Crippen molar-refractivity contribution >= 4 is 11.9 Å². The third-order valence-electron chi connectivity index (χ3n) is 4.43.